The van der Waals surface area contributed by atoms with Crippen LogP contribution in [0.2, 0.25) is 0 Å². The molecular weight excluding hydrogens is 268 g/mol. The minimum Gasteiger partial charge on any atom is -0.459 e. The van der Waals surface area contributed by atoms with Gasteiger partial charge in [-0.1, -0.05) is 0 Å². The number of ether oxygens (including phenoxy) is 1. The molecule has 5 heteroatoms. The van der Waals surface area contributed by atoms with Crippen LogP contribution < -0.4 is 0 Å². The summed E-state index contributed by atoms with van der Waals surface area (Å²) in [6.07, 6.45) is 4.94. The first-order valence-electron chi connectivity index (χ1n) is 7.96. The van der Waals surface area contributed by atoms with Gasteiger partial charge in [0, 0.05) is 32.7 Å². The second kappa shape index (κ2) is 7.09. The third kappa shape index (κ3) is 3.86. The van der Waals surface area contributed by atoms with Crippen molar-refractivity contribution in [3.8, 4) is 0 Å². The van der Waals surface area contributed by atoms with Crippen molar-refractivity contribution in [1.29, 1.82) is 0 Å². The van der Waals surface area contributed by atoms with E-state index in [1.165, 1.54) is 6.42 Å². The fourth-order valence-electron chi connectivity index (χ4n) is 3.26. The summed E-state index contributed by atoms with van der Waals surface area (Å²) in [6.45, 7) is 6.64. The number of furan rings is 1. The van der Waals surface area contributed by atoms with Gasteiger partial charge in [0.1, 0.15) is 0 Å². The number of hydrogen-bond acceptors (Lipinski definition) is 4. The lowest BCUT2D eigenvalue weighted by Gasteiger charge is -2.30. The minimum atomic E-state index is 0.0343. The maximum absolute atomic E-state index is 12.3. The Balaban J connectivity index is 1.50. The Labute approximate surface area is 125 Å². The van der Waals surface area contributed by atoms with E-state index in [-0.39, 0.29) is 5.91 Å². The van der Waals surface area contributed by atoms with Crippen LogP contribution in [0, 0.1) is 5.92 Å². The van der Waals surface area contributed by atoms with Crippen LogP contribution in [-0.4, -0.2) is 61.6 Å². The number of amides is 1. The van der Waals surface area contributed by atoms with Crippen LogP contribution in [0.1, 0.15) is 29.8 Å². The Kier molecular flexibility index (Phi) is 4.93. The molecule has 1 amide bonds. The summed E-state index contributed by atoms with van der Waals surface area (Å²) < 4.78 is 10.6. The number of likely N-dealkylation sites (tertiary alicyclic amines) is 1. The van der Waals surface area contributed by atoms with Crippen LogP contribution in [0.3, 0.4) is 0 Å². The number of rotatable bonds is 3. The highest BCUT2D eigenvalue weighted by atomic mass is 16.5. The molecule has 0 radical (unpaired) electrons. The van der Waals surface area contributed by atoms with Gasteiger partial charge in [0.25, 0.3) is 5.91 Å². The molecule has 0 aliphatic carbocycles. The van der Waals surface area contributed by atoms with Crippen LogP contribution >= 0.6 is 0 Å². The molecule has 0 bridgehead atoms. The van der Waals surface area contributed by atoms with Gasteiger partial charge in [0.05, 0.1) is 19.5 Å². The van der Waals surface area contributed by atoms with E-state index in [1.807, 2.05) is 4.90 Å². The van der Waals surface area contributed by atoms with Crippen molar-refractivity contribution in [3.05, 3.63) is 24.2 Å². The summed E-state index contributed by atoms with van der Waals surface area (Å²) in [5.41, 5.74) is 0. The Morgan fingerprint density at radius 1 is 1.19 bits per heavy atom. The largest absolute Gasteiger partial charge is 0.459 e. The topological polar surface area (TPSA) is 45.9 Å². The molecule has 3 rings (SSSR count). The average molecular weight is 292 g/mol. The van der Waals surface area contributed by atoms with Crippen LogP contribution in [-0.2, 0) is 4.74 Å². The van der Waals surface area contributed by atoms with Crippen molar-refractivity contribution in [1.82, 2.24) is 9.80 Å². The van der Waals surface area contributed by atoms with Gasteiger partial charge in [-0.05, 0) is 37.3 Å². The molecule has 1 aromatic heterocycles. The average Bonchev–Trinajstić information content (AvgIpc) is 2.95. The third-order valence-electron chi connectivity index (χ3n) is 4.49. The molecule has 2 fully saturated rings. The van der Waals surface area contributed by atoms with Gasteiger partial charge >= 0.3 is 0 Å². The molecule has 1 atom stereocenters. The van der Waals surface area contributed by atoms with Crippen molar-refractivity contribution in [2.75, 3.05) is 45.9 Å². The summed E-state index contributed by atoms with van der Waals surface area (Å²) in [5.74, 6) is 1.19. The van der Waals surface area contributed by atoms with E-state index in [0.717, 1.165) is 58.8 Å². The highest BCUT2D eigenvalue weighted by Gasteiger charge is 2.24. The van der Waals surface area contributed by atoms with Gasteiger partial charge in [-0.2, -0.15) is 0 Å². The first-order valence-corrected chi connectivity index (χ1v) is 7.96. The summed E-state index contributed by atoms with van der Waals surface area (Å²) in [7, 11) is 0. The molecule has 3 heterocycles. The van der Waals surface area contributed by atoms with Crippen molar-refractivity contribution >= 4 is 5.91 Å². The quantitative estimate of drug-likeness (QED) is 0.853. The van der Waals surface area contributed by atoms with Gasteiger partial charge in [-0.25, -0.2) is 0 Å². The Bertz CT molecular complexity index is 440. The Morgan fingerprint density at radius 2 is 2.05 bits per heavy atom. The van der Waals surface area contributed by atoms with Gasteiger partial charge in [-0.3, -0.25) is 9.69 Å². The highest BCUT2D eigenvalue weighted by molar-refractivity contribution is 5.91. The standard InChI is InChI=1S/C16H24N2O3/c19-16(15-4-2-10-21-15)18-6-1-3-14(5-7-18)13-17-8-11-20-12-9-17/h2,4,10,14H,1,3,5-9,11-13H2. The van der Waals surface area contributed by atoms with E-state index in [9.17, 15) is 4.79 Å². The second-order valence-electron chi connectivity index (χ2n) is 5.98. The zero-order valence-electron chi connectivity index (χ0n) is 12.5. The smallest absolute Gasteiger partial charge is 0.289 e. The zero-order valence-corrected chi connectivity index (χ0v) is 12.5. The number of hydrogen-bond donors (Lipinski definition) is 0. The second-order valence-corrected chi connectivity index (χ2v) is 5.98. The first kappa shape index (κ1) is 14.6. The molecule has 1 unspecified atom stereocenters. The zero-order chi connectivity index (χ0) is 14.5. The van der Waals surface area contributed by atoms with Crippen LogP contribution in [0.5, 0.6) is 0 Å². The monoisotopic (exact) mass is 292 g/mol. The van der Waals surface area contributed by atoms with Crippen molar-refractivity contribution in [2.45, 2.75) is 19.3 Å². The lowest BCUT2D eigenvalue weighted by molar-refractivity contribution is 0.0296. The fraction of sp³-hybridized carbons (Fsp3) is 0.688. The molecular formula is C16H24N2O3. The predicted octanol–water partition coefficient (Wildman–Crippen LogP) is 1.85. The van der Waals surface area contributed by atoms with E-state index in [4.69, 9.17) is 9.15 Å². The fourth-order valence-corrected chi connectivity index (χ4v) is 3.26. The number of carbonyl (C=O) groups is 1. The third-order valence-corrected chi connectivity index (χ3v) is 4.49. The minimum absolute atomic E-state index is 0.0343. The van der Waals surface area contributed by atoms with E-state index < -0.39 is 0 Å². The van der Waals surface area contributed by atoms with Crippen LogP contribution in [0.4, 0.5) is 0 Å². The maximum atomic E-state index is 12.3. The van der Waals surface area contributed by atoms with Gasteiger partial charge in [0.2, 0.25) is 0 Å². The number of morpholine rings is 1. The molecule has 2 aliphatic heterocycles. The lowest BCUT2D eigenvalue weighted by Crippen LogP contribution is -2.39. The van der Waals surface area contributed by atoms with E-state index >= 15 is 0 Å². The predicted molar refractivity (Wildman–Crippen MR) is 79.2 cm³/mol. The van der Waals surface area contributed by atoms with E-state index in [0.29, 0.717) is 11.7 Å². The summed E-state index contributed by atoms with van der Waals surface area (Å²) in [6, 6.07) is 3.52. The molecule has 1 aromatic rings. The van der Waals surface area contributed by atoms with E-state index in [1.54, 1.807) is 18.4 Å². The maximum Gasteiger partial charge on any atom is 0.289 e. The molecule has 0 aromatic carbocycles. The SMILES string of the molecule is O=C(c1ccco1)N1CCCC(CN2CCOCC2)CC1. The molecule has 21 heavy (non-hydrogen) atoms. The molecule has 2 aliphatic rings. The summed E-state index contributed by atoms with van der Waals surface area (Å²) in [5, 5.41) is 0. The van der Waals surface area contributed by atoms with Crippen molar-refractivity contribution < 1.29 is 13.9 Å². The van der Waals surface area contributed by atoms with Crippen LogP contribution in [0.25, 0.3) is 0 Å². The molecule has 5 nitrogen and oxygen atoms in total. The van der Waals surface area contributed by atoms with Crippen molar-refractivity contribution in [3.63, 3.8) is 0 Å². The highest BCUT2D eigenvalue weighted by Crippen LogP contribution is 2.20. The van der Waals surface area contributed by atoms with E-state index in [2.05, 4.69) is 4.90 Å². The normalized spacial score (nSPS) is 24.8. The summed E-state index contributed by atoms with van der Waals surface area (Å²) >= 11 is 0. The molecule has 0 N–H and O–H groups in total. The van der Waals surface area contributed by atoms with Gasteiger partial charge in [-0.15, -0.1) is 0 Å². The number of carbonyl (C=O) groups excluding carboxylic acids is 1. The lowest BCUT2D eigenvalue weighted by atomic mass is 10.00. The summed E-state index contributed by atoms with van der Waals surface area (Å²) in [4.78, 5) is 16.8. The van der Waals surface area contributed by atoms with Gasteiger partial charge < -0.3 is 14.1 Å². The van der Waals surface area contributed by atoms with Gasteiger partial charge in [0.15, 0.2) is 5.76 Å². The Morgan fingerprint density at radius 3 is 2.81 bits per heavy atom. The Hall–Kier alpha value is -1.33. The molecule has 116 valence electrons. The molecule has 2 saturated heterocycles. The first-order chi connectivity index (χ1) is 10.3. The van der Waals surface area contributed by atoms with Crippen LogP contribution in [0.15, 0.2) is 22.8 Å². The molecule has 0 spiro atoms. The number of nitrogens with zero attached hydrogens (tertiary/aromatic N) is 2. The van der Waals surface area contributed by atoms with Crippen molar-refractivity contribution in [2.24, 2.45) is 5.92 Å². The molecule has 0 saturated carbocycles.